The fourth-order valence-electron chi connectivity index (χ4n) is 2.55. The van der Waals surface area contributed by atoms with Gasteiger partial charge < -0.3 is 5.73 Å². The van der Waals surface area contributed by atoms with Gasteiger partial charge >= 0.3 is 0 Å². The topological polar surface area (TPSA) is 26.0 Å². The molecular weight excluding hydrogens is 230 g/mol. The first-order valence-electron chi connectivity index (χ1n) is 6.83. The lowest BCUT2D eigenvalue weighted by Crippen LogP contribution is -2.16. The fraction of sp³-hybridized carbons (Fsp3) is 0.222. The van der Waals surface area contributed by atoms with Gasteiger partial charge in [0.25, 0.3) is 0 Å². The molecule has 0 fully saturated rings. The molecule has 1 heteroatoms. The fourth-order valence-corrected chi connectivity index (χ4v) is 2.55. The molecule has 2 N–H and O–H groups in total. The molecule has 3 rings (SSSR count). The highest BCUT2D eigenvalue weighted by atomic mass is 14.6. The largest absolute Gasteiger partial charge is 0.324 e. The maximum Gasteiger partial charge on any atom is 0.0318 e. The van der Waals surface area contributed by atoms with E-state index in [0.717, 1.165) is 0 Å². The molecule has 0 aromatic heterocycles. The normalized spacial score (nSPS) is 13.3. The van der Waals surface area contributed by atoms with E-state index in [1.807, 2.05) is 0 Å². The second-order valence-corrected chi connectivity index (χ2v) is 5.58. The maximum atomic E-state index is 6.24. The summed E-state index contributed by atoms with van der Waals surface area (Å²) in [6, 6.07) is 19.6. The summed E-state index contributed by atoms with van der Waals surface area (Å²) in [5.41, 5.74) is 7.46. The number of hydrogen-bond acceptors (Lipinski definition) is 1. The van der Waals surface area contributed by atoms with E-state index in [4.69, 9.17) is 5.73 Å². The Balaban J connectivity index is 2.19. The zero-order valence-corrected chi connectivity index (χ0v) is 11.4. The minimum absolute atomic E-state index is 0.107. The molecule has 0 aliphatic rings. The summed E-state index contributed by atoms with van der Waals surface area (Å²) >= 11 is 0. The highest BCUT2D eigenvalue weighted by molar-refractivity contribution is 5.98. The van der Waals surface area contributed by atoms with Crippen molar-refractivity contribution in [1.82, 2.24) is 0 Å². The Morgan fingerprint density at radius 1 is 0.737 bits per heavy atom. The zero-order valence-electron chi connectivity index (χ0n) is 11.4. The zero-order chi connectivity index (χ0) is 13.4. The molecular formula is C18H19N. The molecule has 0 unspecified atom stereocenters. The van der Waals surface area contributed by atoms with Gasteiger partial charge in [0.2, 0.25) is 0 Å². The third-order valence-electron chi connectivity index (χ3n) is 3.83. The highest BCUT2D eigenvalue weighted by Gasteiger charge is 2.10. The van der Waals surface area contributed by atoms with Crippen molar-refractivity contribution in [3.8, 4) is 0 Å². The van der Waals surface area contributed by atoms with Crippen molar-refractivity contribution in [3.05, 3.63) is 60.2 Å². The maximum absolute atomic E-state index is 6.24. The van der Waals surface area contributed by atoms with Crippen LogP contribution in [-0.4, -0.2) is 0 Å². The molecule has 0 amide bonds. The van der Waals surface area contributed by atoms with Crippen LogP contribution in [0.2, 0.25) is 0 Å². The van der Waals surface area contributed by atoms with Crippen molar-refractivity contribution in [2.75, 3.05) is 0 Å². The molecule has 0 spiro atoms. The molecule has 3 aromatic rings. The molecule has 3 aromatic carbocycles. The van der Waals surface area contributed by atoms with Gasteiger partial charge in [-0.05, 0) is 51.2 Å². The predicted octanol–water partition coefficient (Wildman–Crippen LogP) is 4.65. The van der Waals surface area contributed by atoms with Crippen LogP contribution in [0.5, 0.6) is 0 Å². The molecule has 0 aliphatic heterocycles. The van der Waals surface area contributed by atoms with E-state index in [9.17, 15) is 0 Å². The van der Waals surface area contributed by atoms with E-state index in [1.165, 1.54) is 27.1 Å². The quantitative estimate of drug-likeness (QED) is 0.657. The molecule has 0 heterocycles. The van der Waals surface area contributed by atoms with Crippen molar-refractivity contribution < 1.29 is 0 Å². The van der Waals surface area contributed by atoms with Crippen molar-refractivity contribution in [1.29, 1.82) is 0 Å². The Kier molecular flexibility index (Phi) is 3.00. The number of nitrogens with two attached hydrogens (primary N) is 1. The predicted molar refractivity (Wildman–Crippen MR) is 83.2 cm³/mol. The molecule has 0 saturated heterocycles. The molecule has 0 bridgehead atoms. The van der Waals surface area contributed by atoms with Crippen LogP contribution in [0.15, 0.2) is 54.6 Å². The highest BCUT2D eigenvalue weighted by Crippen LogP contribution is 2.27. The third-order valence-corrected chi connectivity index (χ3v) is 3.83. The molecule has 96 valence electrons. The van der Waals surface area contributed by atoms with Gasteiger partial charge in [0.1, 0.15) is 0 Å². The van der Waals surface area contributed by atoms with Crippen LogP contribution in [0.1, 0.15) is 25.5 Å². The van der Waals surface area contributed by atoms with Crippen LogP contribution < -0.4 is 5.73 Å². The van der Waals surface area contributed by atoms with Crippen LogP contribution in [0.25, 0.3) is 21.5 Å². The average molecular weight is 249 g/mol. The molecule has 0 saturated carbocycles. The molecule has 0 radical (unpaired) electrons. The average Bonchev–Trinajstić information content (AvgIpc) is 2.43. The molecule has 1 nitrogen and oxygen atoms in total. The lowest BCUT2D eigenvalue weighted by atomic mass is 9.94. The van der Waals surface area contributed by atoms with Gasteiger partial charge in [0.05, 0.1) is 0 Å². The second-order valence-electron chi connectivity index (χ2n) is 5.58. The summed E-state index contributed by atoms with van der Waals surface area (Å²) in [6.45, 7) is 4.32. The Bertz CT molecular complexity index is 728. The van der Waals surface area contributed by atoms with E-state index < -0.39 is 0 Å². The van der Waals surface area contributed by atoms with Gasteiger partial charge in [-0.25, -0.2) is 0 Å². The first-order valence-corrected chi connectivity index (χ1v) is 6.83. The molecule has 19 heavy (non-hydrogen) atoms. The van der Waals surface area contributed by atoms with Crippen molar-refractivity contribution >= 4 is 21.5 Å². The van der Waals surface area contributed by atoms with Gasteiger partial charge in [-0.1, -0.05) is 50.2 Å². The number of fused-ring (bicyclic) bond motifs is 2. The first kappa shape index (κ1) is 12.2. The van der Waals surface area contributed by atoms with E-state index in [0.29, 0.717) is 5.92 Å². The Morgan fingerprint density at radius 3 is 1.95 bits per heavy atom. The summed E-state index contributed by atoms with van der Waals surface area (Å²) < 4.78 is 0. The van der Waals surface area contributed by atoms with Gasteiger partial charge in [-0.15, -0.1) is 0 Å². The Labute approximate surface area is 114 Å². The molecule has 0 aliphatic carbocycles. The van der Waals surface area contributed by atoms with Gasteiger partial charge in [-0.2, -0.15) is 0 Å². The Hall–Kier alpha value is -1.86. The van der Waals surface area contributed by atoms with Crippen LogP contribution in [0.4, 0.5) is 0 Å². The van der Waals surface area contributed by atoms with E-state index in [1.54, 1.807) is 0 Å². The summed E-state index contributed by atoms with van der Waals surface area (Å²) in [7, 11) is 0. The van der Waals surface area contributed by atoms with E-state index in [2.05, 4.69) is 68.4 Å². The number of rotatable bonds is 2. The smallest absolute Gasteiger partial charge is 0.0318 e. The first-order chi connectivity index (χ1) is 9.15. The monoisotopic (exact) mass is 249 g/mol. The van der Waals surface area contributed by atoms with Gasteiger partial charge in [0.15, 0.2) is 0 Å². The number of hydrogen-bond donors (Lipinski definition) is 1. The lowest BCUT2D eigenvalue weighted by Gasteiger charge is -2.16. The van der Waals surface area contributed by atoms with Crippen LogP contribution >= 0.6 is 0 Å². The summed E-state index contributed by atoms with van der Waals surface area (Å²) in [4.78, 5) is 0. The van der Waals surface area contributed by atoms with Crippen molar-refractivity contribution in [3.63, 3.8) is 0 Å². The van der Waals surface area contributed by atoms with Crippen molar-refractivity contribution in [2.45, 2.75) is 19.9 Å². The van der Waals surface area contributed by atoms with Gasteiger partial charge in [0, 0.05) is 6.04 Å². The van der Waals surface area contributed by atoms with Crippen LogP contribution in [-0.2, 0) is 0 Å². The third kappa shape index (κ3) is 2.22. The van der Waals surface area contributed by atoms with Crippen LogP contribution in [0.3, 0.4) is 0 Å². The lowest BCUT2D eigenvalue weighted by molar-refractivity contribution is 0.515. The second kappa shape index (κ2) is 4.67. The minimum Gasteiger partial charge on any atom is -0.324 e. The molecule has 1 atom stereocenters. The number of benzene rings is 3. The summed E-state index contributed by atoms with van der Waals surface area (Å²) in [5, 5.41) is 5.12. The van der Waals surface area contributed by atoms with Gasteiger partial charge in [-0.3, -0.25) is 0 Å². The summed E-state index contributed by atoms with van der Waals surface area (Å²) in [5.74, 6) is 0.456. The van der Waals surface area contributed by atoms with E-state index in [-0.39, 0.29) is 6.04 Å². The standard InChI is InChI=1S/C18H19N/c1-12(2)18(19)16-8-7-15-9-13-5-3-4-6-14(13)10-17(15)11-16/h3-12,18H,19H2,1-2H3/t18-/m1/s1. The SMILES string of the molecule is CC(C)[C@@H](N)c1ccc2cc3ccccc3cc2c1. The van der Waals surface area contributed by atoms with Crippen LogP contribution in [0, 0.1) is 5.92 Å². The summed E-state index contributed by atoms with van der Waals surface area (Å²) in [6.07, 6.45) is 0. The Morgan fingerprint density at radius 2 is 1.32 bits per heavy atom. The van der Waals surface area contributed by atoms with E-state index >= 15 is 0 Å². The minimum atomic E-state index is 0.107. The van der Waals surface area contributed by atoms with Crippen molar-refractivity contribution in [2.24, 2.45) is 11.7 Å².